The molecule has 0 saturated heterocycles. The van der Waals surface area contributed by atoms with Gasteiger partial charge in [0.05, 0.1) is 0 Å². The van der Waals surface area contributed by atoms with Crippen molar-refractivity contribution in [3.8, 4) is 0 Å². The van der Waals surface area contributed by atoms with Crippen LogP contribution in [-0.2, 0) is 14.3 Å². The number of carbonyl (C=O) groups is 2. The van der Waals surface area contributed by atoms with Gasteiger partial charge in [-0.3, -0.25) is 4.79 Å². The molecule has 0 unspecified atom stereocenters. The van der Waals surface area contributed by atoms with E-state index in [0.717, 1.165) is 6.08 Å². The van der Waals surface area contributed by atoms with E-state index in [1.807, 2.05) is 0 Å². The van der Waals surface area contributed by atoms with Crippen molar-refractivity contribution in [3.05, 3.63) is 11.1 Å². The summed E-state index contributed by atoms with van der Waals surface area (Å²) in [6.45, 7) is 1.77. The first-order valence-corrected chi connectivity index (χ1v) is 4.18. The number of hydrogen-bond donors (Lipinski definition) is 0. The number of ether oxygens (including phenoxy) is 1. The van der Waals surface area contributed by atoms with Gasteiger partial charge in [0.2, 0.25) is 0 Å². The van der Waals surface area contributed by atoms with Gasteiger partial charge in [-0.1, -0.05) is 18.5 Å². The number of alkyl halides is 1. The third-order valence-electron chi connectivity index (χ3n) is 0.936. The fraction of sp³-hybridized carbons (Fsp3) is 0.429. The number of hydrogen-bond acceptors (Lipinski definition) is 3. The van der Waals surface area contributed by atoms with Crippen LogP contribution in [0.3, 0.4) is 0 Å². The predicted octanol–water partition coefficient (Wildman–Crippen LogP) is 1.83. The van der Waals surface area contributed by atoms with E-state index in [1.54, 1.807) is 6.92 Å². The fourth-order valence-corrected chi connectivity index (χ4v) is 0.543. The highest BCUT2D eigenvalue weighted by molar-refractivity contribution is 6.31. The largest absolute Gasteiger partial charge is 0.389 e. The third-order valence-corrected chi connectivity index (χ3v) is 1.53. The third kappa shape index (κ3) is 5.16. The monoisotopic (exact) mass is 210 g/mol. The number of rotatable bonds is 3. The Morgan fingerprint density at radius 1 is 1.50 bits per heavy atom. The van der Waals surface area contributed by atoms with Gasteiger partial charge in [-0.25, -0.2) is 4.79 Å². The molecule has 0 N–H and O–H groups in total. The van der Waals surface area contributed by atoms with E-state index in [-0.39, 0.29) is 5.88 Å². The first kappa shape index (κ1) is 11.5. The molecule has 0 heterocycles. The molecular weight excluding hydrogens is 203 g/mol. The van der Waals surface area contributed by atoms with Crippen LogP contribution < -0.4 is 0 Å². The van der Waals surface area contributed by atoms with Crippen molar-refractivity contribution < 1.29 is 14.3 Å². The van der Waals surface area contributed by atoms with Crippen LogP contribution in [0.25, 0.3) is 0 Å². The zero-order valence-corrected chi connectivity index (χ0v) is 7.98. The van der Waals surface area contributed by atoms with E-state index in [4.69, 9.17) is 23.2 Å². The van der Waals surface area contributed by atoms with Crippen LogP contribution in [0.4, 0.5) is 0 Å². The Bertz CT molecular complexity index is 211. The van der Waals surface area contributed by atoms with Crippen molar-refractivity contribution in [3.63, 3.8) is 0 Å². The van der Waals surface area contributed by atoms with Crippen LogP contribution in [0.15, 0.2) is 11.1 Å². The van der Waals surface area contributed by atoms with Crippen LogP contribution in [0.5, 0.6) is 0 Å². The van der Waals surface area contributed by atoms with Gasteiger partial charge in [-0.15, -0.1) is 11.6 Å². The quantitative estimate of drug-likeness (QED) is 0.309. The summed E-state index contributed by atoms with van der Waals surface area (Å²) in [6, 6.07) is 0. The van der Waals surface area contributed by atoms with E-state index in [2.05, 4.69) is 4.74 Å². The van der Waals surface area contributed by atoms with Gasteiger partial charge in [-0.05, 0) is 6.42 Å². The highest BCUT2D eigenvalue weighted by Crippen LogP contribution is 2.05. The summed E-state index contributed by atoms with van der Waals surface area (Å²) in [4.78, 5) is 21.2. The summed E-state index contributed by atoms with van der Waals surface area (Å²) < 4.78 is 4.20. The number of carbonyl (C=O) groups excluding carboxylic acids is 2. The summed E-state index contributed by atoms with van der Waals surface area (Å²) in [5.74, 6) is -1.91. The molecule has 5 heteroatoms. The standard InChI is InChI=1S/C7H8Cl2O3/c1-2-5(9)3-6(10)12-7(11)4-8/h3H,2,4H2,1H3. The van der Waals surface area contributed by atoms with E-state index in [1.165, 1.54) is 0 Å². The molecule has 0 aliphatic heterocycles. The first-order valence-electron chi connectivity index (χ1n) is 3.26. The minimum atomic E-state index is -0.785. The number of halogens is 2. The van der Waals surface area contributed by atoms with Crippen LogP contribution >= 0.6 is 23.2 Å². The van der Waals surface area contributed by atoms with Crippen molar-refractivity contribution in [1.82, 2.24) is 0 Å². The molecule has 0 aliphatic rings. The van der Waals surface area contributed by atoms with E-state index in [9.17, 15) is 9.59 Å². The normalized spacial score (nSPS) is 11.1. The SMILES string of the molecule is CCC(Cl)=CC(=O)OC(=O)CCl. The topological polar surface area (TPSA) is 43.4 Å². The summed E-state index contributed by atoms with van der Waals surface area (Å²) in [5, 5.41) is 0.336. The maximum Gasteiger partial charge on any atom is 0.339 e. The van der Waals surface area contributed by atoms with Crippen LogP contribution in [0, 0.1) is 0 Å². The molecule has 0 spiro atoms. The Morgan fingerprint density at radius 3 is 2.50 bits per heavy atom. The molecule has 0 saturated carbocycles. The molecule has 0 aromatic heterocycles. The van der Waals surface area contributed by atoms with Crippen LogP contribution in [-0.4, -0.2) is 17.8 Å². The molecule has 0 bridgehead atoms. The lowest BCUT2D eigenvalue weighted by Crippen LogP contribution is -2.11. The Hall–Kier alpha value is -0.540. The molecule has 0 atom stereocenters. The van der Waals surface area contributed by atoms with Crippen LogP contribution in [0.2, 0.25) is 0 Å². The van der Waals surface area contributed by atoms with Crippen molar-refractivity contribution in [2.45, 2.75) is 13.3 Å². The summed E-state index contributed by atoms with van der Waals surface area (Å²) in [7, 11) is 0. The molecule has 68 valence electrons. The van der Waals surface area contributed by atoms with Gasteiger partial charge in [0.15, 0.2) is 0 Å². The minimum absolute atomic E-state index is 0.336. The van der Waals surface area contributed by atoms with Crippen LogP contribution in [0.1, 0.15) is 13.3 Å². The molecular formula is C7H8Cl2O3. The van der Waals surface area contributed by atoms with E-state index in [0.29, 0.717) is 11.5 Å². The van der Waals surface area contributed by atoms with E-state index >= 15 is 0 Å². The van der Waals surface area contributed by atoms with E-state index < -0.39 is 11.9 Å². The van der Waals surface area contributed by atoms with Gasteiger partial charge < -0.3 is 4.74 Å². The average Bonchev–Trinajstić information content (AvgIpc) is 2.03. The fourth-order valence-electron chi connectivity index (χ4n) is 0.399. The minimum Gasteiger partial charge on any atom is -0.389 e. The Labute approximate surface area is 80.3 Å². The molecule has 0 aromatic rings. The maximum absolute atomic E-state index is 10.7. The molecule has 0 fully saturated rings. The second-order valence-corrected chi connectivity index (χ2v) is 2.62. The van der Waals surface area contributed by atoms with Gasteiger partial charge in [-0.2, -0.15) is 0 Å². The smallest absolute Gasteiger partial charge is 0.339 e. The second kappa shape index (κ2) is 6.03. The lowest BCUT2D eigenvalue weighted by Gasteiger charge is -1.95. The Balaban J connectivity index is 3.98. The van der Waals surface area contributed by atoms with Crippen molar-refractivity contribution in [2.75, 3.05) is 5.88 Å². The lowest BCUT2D eigenvalue weighted by atomic mass is 10.4. The van der Waals surface area contributed by atoms with Gasteiger partial charge in [0, 0.05) is 11.1 Å². The Kier molecular flexibility index (Phi) is 5.76. The number of esters is 2. The summed E-state index contributed by atoms with van der Waals surface area (Å²) >= 11 is 10.6. The molecule has 0 aromatic carbocycles. The zero-order valence-electron chi connectivity index (χ0n) is 6.47. The van der Waals surface area contributed by atoms with Gasteiger partial charge in [0.25, 0.3) is 0 Å². The molecule has 0 amide bonds. The maximum atomic E-state index is 10.7. The predicted molar refractivity (Wildman–Crippen MR) is 46.0 cm³/mol. The number of allylic oxidation sites excluding steroid dienone is 1. The van der Waals surface area contributed by atoms with Gasteiger partial charge >= 0.3 is 11.9 Å². The second-order valence-electron chi connectivity index (χ2n) is 1.87. The van der Waals surface area contributed by atoms with Crippen molar-refractivity contribution in [2.24, 2.45) is 0 Å². The molecule has 12 heavy (non-hydrogen) atoms. The van der Waals surface area contributed by atoms with Gasteiger partial charge in [0.1, 0.15) is 5.88 Å². The summed E-state index contributed by atoms with van der Waals surface area (Å²) in [5.41, 5.74) is 0. The molecule has 0 aliphatic carbocycles. The average molecular weight is 211 g/mol. The van der Waals surface area contributed by atoms with Crippen molar-refractivity contribution in [1.29, 1.82) is 0 Å². The highest BCUT2D eigenvalue weighted by Gasteiger charge is 2.06. The Morgan fingerprint density at radius 2 is 2.08 bits per heavy atom. The molecule has 3 nitrogen and oxygen atoms in total. The zero-order chi connectivity index (χ0) is 9.56. The van der Waals surface area contributed by atoms with Crippen molar-refractivity contribution >= 4 is 35.1 Å². The molecule has 0 radical (unpaired) electrons. The lowest BCUT2D eigenvalue weighted by molar-refractivity contribution is -0.154. The molecule has 0 rings (SSSR count). The first-order chi connectivity index (χ1) is 5.60. The summed E-state index contributed by atoms with van der Waals surface area (Å²) in [6.07, 6.45) is 1.57. The highest BCUT2D eigenvalue weighted by atomic mass is 35.5.